The van der Waals surface area contributed by atoms with Crippen molar-refractivity contribution in [3.63, 3.8) is 0 Å². The van der Waals surface area contributed by atoms with Crippen molar-refractivity contribution >= 4 is 11.6 Å². The average Bonchev–Trinajstić information content (AvgIpc) is 2.47. The zero-order chi connectivity index (χ0) is 15.7. The highest BCUT2D eigenvalue weighted by atomic mass is 35.5. The van der Waals surface area contributed by atoms with Crippen molar-refractivity contribution in [1.82, 2.24) is 5.32 Å². The first-order valence-corrected chi connectivity index (χ1v) is 7.39. The van der Waals surface area contributed by atoms with Gasteiger partial charge in [-0.25, -0.2) is 0 Å². The number of nitrogens with one attached hydrogen (secondary N) is 1. The fraction of sp³-hybridized carbons (Fsp3) is 0.500. The maximum absolute atomic E-state index is 5.65. The highest BCUT2D eigenvalue weighted by Crippen LogP contribution is 2.38. The van der Waals surface area contributed by atoms with Crippen LogP contribution >= 0.6 is 11.6 Å². The molecule has 1 aromatic rings. The fourth-order valence-corrected chi connectivity index (χ4v) is 1.92. The minimum Gasteiger partial charge on any atom is -0.493 e. The third kappa shape index (κ3) is 5.86. The van der Waals surface area contributed by atoms with E-state index in [2.05, 4.69) is 19.2 Å². The first-order valence-electron chi connectivity index (χ1n) is 6.96. The van der Waals surface area contributed by atoms with Gasteiger partial charge in [0.15, 0.2) is 11.5 Å². The van der Waals surface area contributed by atoms with Crippen molar-refractivity contribution in [2.24, 2.45) is 5.92 Å². The summed E-state index contributed by atoms with van der Waals surface area (Å²) >= 11 is 5.49. The molecule has 21 heavy (non-hydrogen) atoms. The largest absolute Gasteiger partial charge is 0.493 e. The molecular weight excluding hydrogens is 290 g/mol. The Bertz CT molecular complexity index is 436. The molecule has 118 valence electrons. The monoisotopic (exact) mass is 313 g/mol. The number of halogens is 1. The second-order valence-electron chi connectivity index (χ2n) is 5.03. The minimum atomic E-state index is 0.362. The Balaban J connectivity index is 2.88. The van der Waals surface area contributed by atoms with Gasteiger partial charge in [0.25, 0.3) is 0 Å². The van der Waals surface area contributed by atoms with E-state index in [1.807, 2.05) is 12.1 Å². The highest BCUT2D eigenvalue weighted by molar-refractivity contribution is 6.25. The summed E-state index contributed by atoms with van der Waals surface area (Å²) < 4.78 is 16.4. The Morgan fingerprint density at radius 1 is 1.19 bits per heavy atom. The Labute approximate surface area is 132 Å². The van der Waals surface area contributed by atoms with Gasteiger partial charge in [0.05, 0.1) is 14.2 Å². The van der Waals surface area contributed by atoms with Gasteiger partial charge in [0.2, 0.25) is 5.75 Å². The molecule has 5 heteroatoms. The molecule has 0 aliphatic heterocycles. The molecule has 0 aliphatic rings. The maximum atomic E-state index is 5.65. The number of hydrogen-bond acceptors (Lipinski definition) is 4. The number of rotatable bonds is 9. The van der Waals surface area contributed by atoms with Crippen LogP contribution in [0.25, 0.3) is 0 Å². The van der Waals surface area contributed by atoms with E-state index in [9.17, 15) is 0 Å². The molecule has 0 unspecified atom stereocenters. The topological polar surface area (TPSA) is 39.7 Å². The molecule has 1 aromatic carbocycles. The second-order valence-corrected chi connectivity index (χ2v) is 5.28. The number of ether oxygens (including phenoxy) is 3. The van der Waals surface area contributed by atoms with E-state index >= 15 is 0 Å². The van der Waals surface area contributed by atoms with Crippen LogP contribution in [-0.4, -0.2) is 27.4 Å². The van der Waals surface area contributed by atoms with Crippen molar-refractivity contribution in [2.75, 3.05) is 27.4 Å². The average molecular weight is 314 g/mol. The van der Waals surface area contributed by atoms with Crippen LogP contribution in [0.5, 0.6) is 17.2 Å². The molecule has 0 atom stereocenters. The first kappa shape index (κ1) is 17.7. The Morgan fingerprint density at radius 2 is 1.81 bits per heavy atom. The maximum Gasteiger partial charge on any atom is 0.203 e. The molecule has 0 bridgehead atoms. The van der Waals surface area contributed by atoms with Gasteiger partial charge in [-0.05, 0) is 36.2 Å². The van der Waals surface area contributed by atoms with Crippen molar-refractivity contribution in [2.45, 2.75) is 20.4 Å². The van der Waals surface area contributed by atoms with Gasteiger partial charge < -0.3 is 19.5 Å². The van der Waals surface area contributed by atoms with E-state index in [1.165, 1.54) is 5.54 Å². The lowest BCUT2D eigenvalue weighted by Gasteiger charge is -2.16. The van der Waals surface area contributed by atoms with E-state index in [4.69, 9.17) is 25.8 Å². The molecule has 0 aromatic heterocycles. The predicted octanol–water partition coefficient (Wildman–Crippen LogP) is 3.58. The quantitative estimate of drug-likeness (QED) is 0.756. The summed E-state index contributed by atoms with van der Waals surface area (Å²) in [7, 11) is 3.23. The zero-order valence-electron chi connectivity index (χ0n) is 13.1. The van der Waals surface area contributed by atoms with E-state index in [0.717, 1.165) is 18.7 Å². The van der Waals surface area contributed by atoms with E-state index in [1.54, 1.807) is 20.3 Å². The summed E-state index contributed by atoms with van der Waals surface area (Å²) in [6.07, 6.45) is 1.71. The van der Waals surface area contributed by atoms with Crippen LogP contribution in [0.4, 0.5) is 0 Å². The molecule has 0 amide bonds. The summed E-state index contributed by atoms with van der Waals surface area (Å²) in [4.78, 5) is 0. The van der Waals surface area contributed by atoms with Gasteiger partial charge in [-0.2, -0.15) is 0 Å². The number of methoxy groups -OCH3 is 2. The fourth-order valence-electron chi connectivity index (χ4n) is 1.85. The third-order valence-electron chi connectivity index (χ3n) is 2.82. The molecule has 0 spiro atoms. The molecule has 0 heterocycles. The molecule has 1 rings (SSSR count). The lowest BCUT2D eigenvalue weighted by atomic mass is 10.1. The SMILES string of the molecule is COc1cc(CNCC(C)C)cc(OC)c1OCC=CCl. The van der Waals surface area contributed by atoms with Crippen molar-refractivity contribution < 1.29 is 14.2 Å². The Kier molecular flexibility index (Phi) is 8.01. The van der Waals surface area contributed by atoms with Crippen LogP contribution in [0.3, 0.4) is 0 Å². The van der Waals surface area contributed by atoms with Crippen LogP contribution < -0.4 is 19.5 Å². The van der Waals surface area contributed by atoms with Gasteiger partial charge in [-0.3, -0.25) is 0 Å². The van der Waals surface area contributed by atoms with E-state index < -0.39 is 0 Å². The van der Waals surface area contributed by atoms with Gasteiger partial charge in [0, 0.05) is 12.1 Å². The lowest BCUT2D eigenvalue weighted by molar-refractivity contribution is 0.300. The Hall–Kier alpha value is -1.39. The van der Waals surface area contributed by atoms with Crippen molar-refractivity contribution in [1.29, 1.82) is 0 Å². The number of benzene rings is 1. The summed E-state index contributed by atoms with van der Waals surface area (Å²) in [5.74, 6) is 2.50. The van der Waals surface area contributed by atoms with Crippen LogP contribution in [0.2, 0.25) is 0 Å². The van der Waals surface area contributed by atoms with Gasteiger partial charge in [-0.15, -0.1) is 0 Å². The summed E-state index contributed by atoms with van der Waals surface area (Å²) in [6, 6.07) is 3.91. The molecule has 0 radical (unpaired) electrons. The molecule has 0 saturated carbocycles. The standard InChI is InChI=1S/C16H24ClNO3/c1-12(2)10-18-11-13-8-14(19-3)16(15(9-13)20-4)21-7-5-6-17/h5-6,8-9,12,18H,7,10-11H2,1-4H3. The molecular formula is C16H24ClNO3. The normalized spacial score (nSPS) is 11.1. The Morgan fingerprint density at radius 3 is 2.29 bits per heavy atom. The zero-order valence-corrected chi connectivity index (χ0v) is 13.9. The molecule has 1 N–H and O–H groups in total. The van der Waals surface area contributed by atoms with Crippen LogP contribution in [0, 0.1) is 5.92 Å². The van der Waals surface area contributed by atoms with Crippen molar-refractivity contribution in [3.8, 4) is 17.2 Å². The lowest BCUT2D eigenvalue weighted by Crippen LogP contribution is -2.19. The van der Waals surface area contributed by atoms with Crippen LogP contribution in [0.1, 0.15) is 19.4 Å². The predicted molar refractivity (Wildman–Crippen MR) is 86.6 cm³/mol. The van der Waals surface area contributed by atoms with E-state index in [-0.39, 0.29) is 0 Å². The highest BCUT2D eigenvalue weighted by Gasteiger charge is 2.13. The summed E-state index contributed by atoms with van der Waals surface area (Å²) in [5, 5.41) is 3.39. The third-order valence-corrected chi connectivity index (χ3v) is 2.99. The molecule has 0 fully saturated rings. The van der Waals surface area contributed by atoms with Crippen LogP contribution in [-0.2, 0) is 6.54 Å². The molecule has 0 aliphatic carbocycles. The van der Waals surface area contributed by atoms with Crippen molar-refractivity contribution in [3.05, 3.63) is 29.3 Å². The molecule has 0 saturated heterocycles. The van der Waals surface area contributed by atoms with Gasteiger partial charge >= 0.3 is 0 Å². The summed E-state index contributed by atoms with van der Waals surface area (Å²) in [6.45, 7) is 6.43. The van der Waals surface area contributed by atoms with Crippen LogP contribution in [0.15, 0.2) is 23.7 Å². The smallest absolute Gasteiger partial charge is 0.203 e. The minimum absolute atomic E-state index is 0.362. The van der Waals surface area contributed by atoms with Gasteiger partial charge in [-0.1, -0.05) is 25.4 Å². The van der Waals surface area contributed by atoms with E-state index in [0.29, 0.717) is 29.8 Å². The number of hydrogen-bond donors (Lipinski definition) is 1. The first-order chi connectivity index (χ1) is 10.1. The molecule has 4 nitrogen and oxygen atoms in total. The second kappa shape index (κ2) is 9.53. The van der Waals surface area contributed by atoms with Gasteiger partial charge in [0.1, 0.15) is 6.61 Å². The summed E-state index contributed by atoms with van der Waals surface area (Å²) in [5.41, 5.74) is 2.51.